The number of carbonyl (C=O) groups excluding carboxylic acids is 1. The lowest BCUT2D eigenvalue weighted by Crippen LogP contribution is -2.38. The molecule has 1 aromatic carbocycles. The van der Waals surface area contributed by atoms with Crippen molar-refractivity contribution in [3.8, 4) is 0 Å². The van der Waals surface area contributed by atoms with Gasteiger partial charge in [0.05, 0.1) is 0 Å². The first kappa shape index (κ1) is 17.8. The van der Waals surface area contributed by atoms with Gasteiger partial charge in [-0.25, -0.2) is 4.79 Å². The summed E-state index contributed by atoms with van der Waals surface area (Å²) in [5.41, 5.74) is 3.73. The fourth-order valence-electron chi connectivity index (χ4n) is 2.92. The number of ether oxygens (including phenoxy) is 1. The number of benzene rings is 1. The van der Waals surface area contributed by atoms with E-state index in [1.807, 2.05) is 25.7 Å². The standard InChI is InChI=1S/C20H31NO2/c1-14(2)15(3)17-8-7-16-9-11-21(12-10-18(16)13-17)19(22)23-20(4,5)6/h7-8,13-15H,9-12H2,1-6H3. The third-order valence-corrected chi connectivity index (χ3v) is 4.71. The molecule has 0 saturated carbocycles. The van der Waals surface area contributed by atoms with E-state index in [4.69, 9.17) is 4.74 Å². The van der Waals surface area contributed by atoms with E-state index >= 15 is 0 Å². The first-order chi connectivity index (χ1) is 10.7. The van der Waals surface area contributed by atoms with Crippen LogP contribution in [0.2, 0.25) is 0 Å². The summed E-state index contributed by atoms with van der Waals surface area (Å²) in [6.07, 6.45) is 1.62. The monoisotopic (exact) mass is 317 g/mol. The Morgan fingerprint density at radius 1 is 1.09 bits per heavy atom. The van der Waals surface area contributed by atoms with Gasteiger partial charge in [-0.2, -0.15) is 0 Å². The Hall–Kier alpha value is -1.51. The van der Waals surface area contributed by atoms with Gasteiger partial charge in [0.25, 0.3) is 0 Å². The molecule has 1 aliphatic rings. The van der Waals surface area contributed by atoms with E-state index in [1.165, 1.54) is 16.7 Å². The van der Waals surface area contributed by atoms with E-state index in [2.05, 4.69) is 39.0 Å². The van der Waals surface area contributed by atoms with Crippen molar-refractivity contribution in [3.63, 3.8) is 0 Å². The SMILES string of the molecule is CC(C)C(C)c1ccc2c(c1)CCN(C(=O)OC(C)(C)C)CC2. The van der Waals surface area contributed by atoms with Crippen LogP contribution in [0.4, 0.5) is 4.79 Å². The summed E-state index contributed by atoms with van der Waals surface area (Å²) in [7, 11) is 0. The lowest BCUT2D eigenvalue weighted by atomic mass is 9.87. The number of rotatable bonds is 2. The van der Waals surface area contributed by atoms with Crippen molar-refractivity contribution in [2.75, 3.05) is 13.1 Å². The highest BCUT2D eigenvalue weighted by Crippen LogP contribution is 2.27. The average Bonchev–Trinajstić information content (AvgIpc) is 2.66. The smallest absolute Gasteiger partial charge is 0.410 e. The Bertz CT molecular complexity index is 557. The van der Waals surface area contributed by atoms with Crippen LogP contribution < -0.4 is 0 Å². The lowest BCUT2D eigenvalue weighted by molar-refractivity contribution is 0.0258. The summed E-state index contributed by atoms with van der Waals surface area (Å²) in [5, 5.41) is 0. The molecule has 0 aromatic heterocycles. The van der Waals surface area contributed by atoms with Crippen molar-refractivity contribution >= 4 is 6.09 Å². The third-order valence-electron chi connectivity index (χ3n) is 4.71. The fraction of sp³-hybridized carbons (Fsp3) is 0.650. The predicted molar refractivity (Wildman–Crippen MR) is 94.9 cm³/mol. The summed E-state index contributed by atoms with van der Waals surface area (Å²) in [5.74, 6) is 1.20. The molecule has 1 aromatic rings. The lowest BCUT2D eigenvalue weighted by Gasteiger charge is -2.26. The molecule has 1 aliphatic heterocycles. The van der Waals surface area contributed by atoms with E-state index < -0.39 is 5.60 Å². The first-order valence-electron chi connectivity index (χ1n) is 8.77. The Labute approximate surface area is 141 Å². The van der Waals surface area contributed by atoms with Crippen molar-refractivity contribution in [2.45, 2.75) is 65.9 Å². The van der Waals surface area contributed by atoms with Crippen LogP contribution in [-0.2, 0) is 17.6 Å². The minimum Gasteiger partial charge on any atom is -0.444 e. The zero-order chi connectivity index (χ0) is 17.2. The largest absolute Gasteiger partial charge is 0.444 e. The zero-order valence-corrected chi connectivity index (χ0v) is 15.5. The van der Waals surface area contributed by atoms with Crippen LogP contribution in [0.5, 0.6) is 0 Å². The highest BCUT2D eigenvalue weighted by molar-refractivity contribution is 5.68. The second-order valence-corrected chi connectivity index (χ2v) is 8.03. The number of hydrogen-bond acceptors (Lipinski definition) is 2. The first-order valence-corrected chi connectivity index (χ1v) is 8.77. The van der Waals surface area contributed by atoms with Gasteiger partial charge in [0.15, 0.2) is 0 Å². The molecule has 0 bridgehead atoms. The Balaban J connectivity index is 2.10. The quantitative estimate of drug-likeness (QED) is 0.785. The van der Waals surface area contributed by atoms with Crippen LogP contribution in [0.25, 0.3) is 0 Å². The highest BCUT2D eigenvalue weighted by atomic mass is 16.6. The molecule has 0 N–H and O–H groups in total. The highest BCUT2D eigenvalue weighted by Gasteiger charge is 2.24. The van der Waals surface area contributed by atoms with E-state index in [-0.39, 0.29) is 6.09 Å². The average molecular weight is 317 g/mol. The summed E-state index contributed by atoms with van der Waals surface area (Å²) in [4.78, 5) is 14.1. The summed E-state index contributed by atoms with van der Waals surface area (Å²) in [6, 6.07) is 6.85. The van der Waals surface area contributed by atoms with Gasteiger partial charge >= 0.3 is 6.09 Å². The van der Waals surface area contributed by atoms with E-state index in [0.29, 0.717) is 11.8 Å². The van der Waals surface area contributed by atoms with E-state index in [0.717, 1.165) is 25.9 Å². The molecule has 1 unspecified atom stereocenters. The molecule has 1 heterocycles. The van der Waals surface area contributed by atoms with Crippen LogP contribution in [0, 0.1) is 5.92 Å². The molecular formula is C20H31NO2. The molecule has 23 heavy (non-hydrogen) atoms. The molecule has 3 nitrogen and oxygen atoms in total. The molecule has 1 amide bonds. The molecule has 0 aliphatic carbocycles. The number of carbonyl (C=O) groups is 1. The van der Waals surface area contributed by atoms with Gasteiger partial charge in [-0.15, -0.1) is 0 Å². The number of nitrogens with zero attached hydrogens (tertiary/aromatic N) is 1. The van der Waals surface area contributed by atoms with Crippen LogP contribution >= 0.6 is 0 Å². The van der Waals surface area contributed by atoms with Gasteiger partial charge in [0.2, 0.25) is 0 Å². The van der Waals surface area contributed by atoms with Crippen molar-refractivity contribution in [2.24, 2.45) is 5.92 Å². The van der Waals surface area contributed by atoms with Crippen molar-refractivity contribution in [1.29, 1.82) is 0 Å². The molecule has 2 rings (SSSR count). The van der Waals surface area contributed by atoms with E-state index in [1.54, 1.807) is 0 Å². The molecular weight excluding hydrogens is 286 g/mol. The molecule has 3 heteroatoms. The predicted octanol–water partition coefficient (Wildman–Crippen LogP) is 4.78. The maximum atomic E-state index is 12.3. The van der Waals surface area contributed by atoms with Crippen LogP contribution in [0.3, 0.4) is 0 Å². The molecule has 0 radical (unpaired) electrons. The van der Waals surface area contributed by atoms with Crippen LogP contribution in [-0.4, -0.2) is 29.7 Å². The van der Waals surface area contributed by atoms with Crippen LogP contribution in [0.15, 0.2) is 18.2 Å². The summed E-state index contributed by atoms with van der Waals surface area (Å²) >= 11 is 0. The van der Waals surface area contributed by atoms with Crippen molar-refractivity contribution in [1.82, 2.24) is 4.90 Å². The normalized spacial score (nSPS) is 16.7. The van der Waals surface area contributed by atoms with Crippen molar-refractivity contribution < 1.29 is 9.53 Å². The number of fused-ring (bicyclic) bond motifs is 1. The van der Waals surface area contributed by atoms with Gasteiger partial charge in [0, 0.05) is 13.1 Å². The van der Waals surface area contributed by atoms with Crippen LogP contribution in [0.1, 0.15) is 64.2 Å². The molecule has 1 atom stereocenters. The molecule has 0 fully saturated rings. The summed E-state index contributed by atoms with van der Waals surface area (Å²) < 4.78 is 5.51. The third kappa shape index (κ3) is 4.73. The Morgan fingerprint density at radius 2 is 1.70 bits per heavy atom. The second-order valence-electron chi connectivity index (χ2n) is 8.03. The fourth-order valence-corrected chi connectivity index (χ4v) is 2.92. The molecule has 128 valence electrons. The van der Waals surface area contributed by atoms with Gasteiger partial charge in [-0.1, -0.05) is 39.0 Å². The van der Waals surface area contributed by atoms with Gasteiger partial charge in [-0.3, -0.25) is 0 Å². The van der Waals surface area contributed by atoms with Gasteiger partial charge < -0.3 is 9.64 Å². The minimum atomic E-state index is -0.434. The Morgan fingerprint density at radius 3 is 2.26 bits per heavy atom. The minimum absolute atomic E-state index is 0.193. The maximum absolute atomic E-state index is 12.3. The van der Waals surface area contributed by atoms with E-state index in [9.17, 15) is 4.79 Å². The maximum Gasteiger partial charge on any atom is 0.410 e. The topological polar surface area (TPSA) is 29.5 Å². The zero-order valence-electron chi connectivity index (χ0n) is 15.5. The number of amides is 1. The van der Waals surface area contributed by atoms with Gasteiger partial charge in [-0.05, 0) is 62.1 Å². The molecule has 0 saturated heterocycles. The Kier molecular flexibility index (Phi) is 5.38. The number of hydrogen-bond donors (Lipinski definition) is 0. The van der Waals surface area contributed by atoms with Gasteiger partial charge in [0.1, 0.15) is 5.60 Å². The van der Waals surface area contributed by atoms with Crippen molar-refractivity contribution in [3.05, 3.63) is 34.9 Å². The molecule has 0 spiro atoms. The second kappa shape index (κ2) is 6.94. The summed E-state index contributed by atoms with van der Waals surface area (Å²) in [6.45, 7) is 14.0.